The molecule has 0 unspecified atom stereocenters. The Labute approximate surface area is 129 Å². The second kappa shape index (κ2) is 6.93. The third-order valence-electron chi connectivity index (χ3n) is 3.45. The number of benzene rings is 1. The molecule has 0 atom stereocenters. The minimum absolute atomic E-state index is 0.211. The van der Waals surface area contributed by atoms with Crippen molar-refractivity contribution in [3.05, 3.63) is 58.0 Å². The first-order valence-electron chi connectivity index (χ1n) is 7.19. The van der Waals surface area contributed by atoms with Crippen LogP contribution in [0.25, 0.3) is 0 Å². The number of nitrogen functional groups attached to an aromatic ring is 1. The second-order valence-electron chi connectivity index (χ2n) is 5.17. The Morgan fingerprint density at radius 2 is 1.86 bits per heavy atom. The van der Waals surface area contributed by atoms with Gasteiger partial charge in [0, 0.05) is 17.9 Å². The van der Waals surface area contributed by atoms with Gasteiger partial charge in [-0.3, -0.25) is 9.59 Å². The summed E-state index contributed by atoms with van der Waals surface area (Å²) in [6.45, 7) is 4.26. The molecule has 1 aromatic carbocycles. The summed E-state index contributed by atoms with van der Waals surface area (Å²) in [6.07, 6.45) is 0.673. The second-order valence-corrected chi connectivity index (χ2v) is 5.17. The number of nitrogens with two attached hydrogens (primary N) is 1. The molecule has 0 spiro atoms. The van der Waals surface area contributed by atoms with E-state index in [4.69, 9.17) is 10.5 Å². The third-order valence-corrected chi connectivity index (χ3v) is 3.45. The third kappa shape index (κ3) is 3.75. The largest absolute Gasteiger partial charge is 0.494 e. The molecule has 2 rings (SSSR count). The fourth-order valence-electron chi connectivity index (χ4n) is 2.19. The van der Waals surface area contributed by atoms with Crippen LogP contribution >= 0.6 is 0 Å². The van der Waals surface area contributed by atoms with E-state index in [0.717, 1.165) is 11.4 Å². The van der Waals surface area contributed by atoms with Gasteiger partial charge in [0.15, 0.2) is 5.78 Å². The molecule has 5 nitrogen and oxygen atoms in total. The average molecular weight is 300 g/mol. The van der Waals surface area contributed by atoms with Gasteiger partial charge in [-0.1, -0.05) is 0 Å². The number of Topliss-reactive ketones (excluding diaryl/α,β-unsaturated/α-hetero) is 1. The van der Waals surface area contributed by atoms with Gasteiger partial charge in [-0.25, -0.2) is 0 Å². The molecule has 0 radical (unpaired) electrons. The molecule has 5 heteroatoms. The van der Waals surface area contributed by atoms with Gasteiger partial charge in [0.1, 0.15) is 5.75 Å². The number of rotatable bonds is 6. The monoisotopic (exact) mass is 300 g/mol. The fourth-order valence-corrected chi connectivity index (χ4v) is 2.19. The SMILES string of the molecule is CC(=O)c1ccc(C)n(CCCOc2ccc(N)cc2)c1=O. The Balaban J connectivity index is 1.97. The van der Waals surface area contributed by atoms with Crippen LogP contribution < -0.4 is 16.0 Å². The highest BCUT2D eigenvalue weighted by molar-refractivity contribution is 5.93. The van der Waals surface area contributed by atoms with E-state index >= 15 is 0 Å². The first-order chi connectivity index (χ1) is 10.5. The van der Waals surface area contributed by atoms with E-state index in [9.17, 15) is 9.59 Å². The van der Waals surface area contributed by atoms with Gasteiger partial charge in [0.25, 0.3) is 5.56 Å². The number of ether oxygens (including phenoxy) is 1. The zero-order valence-electron chi connectivity index (χ0n) is 12.8. The van der Waals surface area contributed by atoms with Crippen LogP contribution in [-0.2, 0) is 6.54 Å². The van der Waals surface area contributed by atoms with E-state index < -0.39 is 0 Å². The number of pyridine rings is 1. The van der Waals surface area contributed by atoms with Crippen molar-refractivity contribution in [1.82, 2.24) is 4.57 Å². The number of nitrogens with zero attached hydrogens (tertiary/aromatic N) is 1. The van der Waals surface area contributed by atoms with Gasteiger partial charge in [0.05, 0.1) is 12.2 Å². The first-order valence-corrected chi connectivity index (χ1v) is 7.19. The summed E-state index contributed by atoms with van der Waals surface area (Å²) in [5.74, 6) is 0.535. The number of hydrogen-bond acceptors (Lipinski definition) is 4. The number of aromatic nitrogens is 1. The van der Waals surface area contributed by atoms with Crippen molar-refractivity contribution in [1.29, 1.82) is 0 Å². The van der Waals surface area contributed by atoms with Crippen molar-refractivity contribution >= 4 is 11.5 Å². The highest BCUT2D eigenvalue weighted by Gasteiger charge is 2.09. The summed E-state index contributed by atoms with van der Waals surface area (Å²) in [6, 6.07) is 10.5. The number of ketones is 1. The van der Waals surface area contributed by atoms with Crippen molar-refractivity contribution in [2.45, 2.75) is 26.8 Å². The molecule has 22 heavy (non-hydrogen) atoms. The Morgan fingerprint density at radius 3 is 2.50 bits per heavy atom. The Bertz CT molecular complexity index is 718. The van der Waals surface area contributed by atoms with Crippen LogP contribution in [0.15, 0.2) is 41.2 Å². The summed E-state index contributed by atoms with van der Waals surface area (Å²) in [7, 11) is 0. The molecule has 0 aliphatic rings. The van der Waals surface area contributed by atoms with E-state index in [1.165, 1.54) is 6.92 Å². The Morgan fingerprint density at radius 1 is 1.18 bits per heavy atom. The lowest BCUT2D eigenvalue weighted by Crippen LogP contribution is -2.27. The van der Waals surface area contributed by atoms with Crippen molar-refractivity contribution in [2.24, 2.45) is 0 Å². The topological polar surface area (TPSA) is 74.3 Å². The molecule has 0 fully saturated rings. The number of anilines is 1. The number of carbonyl (C=O) groups excluding carboxylic acids is 1. The highest BCUT2D eigenvalue weighted by atomic mass is 16.5. The summed E-state index contributed by atoms with van der Waals surface area (Å²) < 4.78 is 7.22. The smallest absolute Gasteiger partial charge is 0.261 e. The quantitative estimate of drug-likeness (QED) is 0.505. The highest BCUT2D eigenvalue weighted by Crippen LogP contribution is 2.13. The molecule has 116 valence electrons. The molecule has 0 aliphatic heterocycles. The predicted molar refractivity (Wildman–Crippen MR) is 86.4 cm³/mol. The molecule has 1 heterocycles. The molecule has 0 saturated carbocycles. The normalized spacial score (nSPS) is 10.5. The van der Waals surface area contributed by atoms with Crippen molar-refractivity contribution < 1.29 is 9.53 Å². The van der Waals surface area contributed by atoms with Crippen LogP contribution in [0.5, 0.6) is 5.75 Å². The summed E-state index contributed by atoms with van der Waals surface area (Å²) in [5, 5.41) is 0. The van der Waals surface area contributed by atoms with E-state index in [2.05, 4.69) is 0 Å². The number of hydrogen-bond donors (Lipinski definition) is 1. The van der Waals surface area contributed by atoms with Crippen molar-refractivity contribution in [2.75, 3.05) is 12.3 Å². The minimum atomic E-state index is -0.236. The average Bonchev–Trinajstić information content (AvgIpc) is 2.47. The van der Waals surface area contributed by atoms with Gasteiger partial charge >= 0.3 is 0 Å². The lowest BCUT2D eigenvalue weighted by Gasteiger charge is -2.12. The zero-order valence-corrected chi connectivity index (χ0v) is 12.8. The van der Waals surface area contributed by atoms with Crippen LogP contribution in [0.2, 0.25) is 0 Å². The molecule has 2 aromatic rings. The van der Waals surface area contributed by atoms with Crippen molar-refractivity contribution in [3.63, 3.8) is 0 Å². The number of aryl methyl sites for hydroxylation is 1. The molecule has 2 N–H and O–H groups in total. The maximum Gasteiger partial charge on any atom is 0.261 e. The summed E-state index contributed by atoms with van der Waals surface area (Å²) in [5.41, 5.74) is 7.12. The van der Waals surface area contributed by atoms with Gasteiger partial charge in [-0.15, -0.1) is 0 Å². The van der Waals surface area contributed by atoms with Crippen LogP contribution in [0.3, 0.4) is 0 Å². The molecular formula is C17H20N2O3. The fraction of sp³-hybridized carbons (Fsp3) is 0.294. The van der Waals surface area contributed by atoms with Crippen LogP contribution in [0.1, 0.15) is 29.4 Å². The molecule has 0 amide bonds. The Kier molecular flexibility index (Phi) is 4.99. The standard InChI is InChI=1S/C17H20N2O3/c1-12-4-9-16(13(2)20)17(21)19(12)10-3-11-22-15-7-5-14(18)6-8-15/h4-9H,3,10-11,18H2,1-2H3. The summed E-state index contributed by atoms with van der Waals surface area (Å²) in [4.78, 5) is 23.6. The zero-order chi connectivity index (χ0) is 16.1. The molecular weight excluding hydrogens is 280 g/mol. The van der Waals surface area contributed by atoms with E-state index in [-0.39, 0.29) is 16.9 Å². The first kappa shape index (κ1) is 15.8. The lowest BCUT2D eigenvalue weighted by molar-refractivity contribution is 0.101. The van der Waals surface area contributed by atoms with Crippen LogP contribution in [0.4, 0.5) is 5.69 Å². The number of carbonyl (C=O) groups is 1. The van der Waals surface area contributed by atoms with E-state index in [1.54, 1.807) is 28.8 Å². The van der Waals surface area contributed by atoms with Crippen LogP contribution in [-0.4, -0.2) is 17.0 Å². The van der Waals surface area contributed by atoms with Gasteiger partial charge in [-0.05, 0) is 56.7 Å². The maximum absolute atomic E-state index is 12.2. The molecule has 0 saturated heterocycles. The Hall–Kier alpha value is -2.56. The van der Waals surface area contributed by atoms with Gasteiger partial charge < -0.3 is 15.0 Å². The van der Waals surface area contributed by atoms with E-state index in [0.29, 0.717) is 25.3 Å². The lowest BCUT2D eigenvalue weighted by atomic mass is 10.2. The molecule has 0 bridgehead atoms. The maximum atomic E-state index is 12.2. The van der Waals surface area contributed by atoms with Crippen molar-refractivity contribution in [3.8, 4) is 5.75 Å². The van der Waals surface area contributed by atoms with Gasteiger partial charge in [0.2, 0.25) is 0 Å². The predicted octanol–water partition coefficient (Wildman–Crippen LogP) is 2.41. The van der Waals surface area contributed by atoms with E-state index in [1.807, 2.05) is 19.1 Å². The molecule has 0 aliphatic carbocycles. The summed E-state index contributed by atoms with van der Waals surface area (Å²) >= 11 is 0. The van der Waals surface area contributed by atoms with Crippen LogP contribution in [0, 0.1) is 6.92 Å². The van der Waals surface area contributed by atoms with Gasteiger partial charge in [-0.2, -0.15) is 0 Å². The minimum Gasteiger partial charge on any atom is -0.494 e. The molecule has 1 aromatic heterocycles.